The van der Waals surface area contributed by atoms with E-state index in [0.29, 0.717) is 18.7 Å². The topological polar surface area (TPSA) is 77.6 Å². The van der Waals surface area contributed by atoms with E-state index in [4.69, 9.17) is 11.6 Å². The lowest BCUT2D eigenvalue weighted by molar-refractivity contribution is 0.707. The number of rotatable bonds is 4. The van der Waals surface area contributed by atoms with Crippen molar-refractivity contribution < 1.29 is 0 Å². The molecule has 0 radical (unpaired) electrons. The minimum Gasteiger partial charge on any atom is -0.382 e. The Bertz CT molecular complexity index is 605. The van der Waals surface area contributed by atoms with Gasteiger partial charge in [0.25, 0.3) is 5.56 Å². The molecule has 0 saturated heterocycles. The predicted octanol–water partition coefficient (Wildman–Crippen LogP) is 0.217. The van der Waals surface area contributed by atoms with Gasteiger partial charge in [0.1, 0.15) is 17.2 Å². The van der Waals surface area contributed by atoms with Gasteiger partial charge in [-0.3, -0.25) is 4.79 Å². The fraction of sp³-hybridized carbons (Fsp3) is 0.400. The second-order valence-corrected chi connectivity index (χ2v) is 4.21. The average Bonchev–Trinajstić information content (AvgIpc) is 2.75. The van der Waals surface area contributed by atoms with Gasteiger partial charge in [0.15, 0.2) is 0 Å². The fourth-order valence-corrected chi connectivity index (χ4v) is 1.71. The maximum absolute atomic E-state index is 11.5. The van der Waals surface area contributed by atoms with Crippen molar-refractivity contribution in [1.82, 2.24) is 24.5 Å². The van der Waals surface area contributed by atoms with E-state index in [9.17, 15) is 4.79 Å². The Morgan fingerprint density at radius 2 is 2.22 bits per heavy atom. The van der Waals surface area contributed by atoms with Gasteiger partial charge in [-0.05, 0) is 0 Å². The molecule has 2 aromatic heterocycles. The molecule has 0 spiro atoms. The summed E-state index contributed by atoms with van der Waals surface area (Å²) in [6.07, 6.45) is 3.85. The summed E-state index contributed by atoms with van der Waals surface area (Å²) in [7, 11) is 3.43. The van der Waals surface area contributed by atoms with Gasteiger partial charge in [0.05, 0.1) is 11.9 Å². The highest BCUT2D eigenvalue weighted by atomic mass is 35.5. The van der Waals surface area contributed by atoms with Crippen LogP contribution < -0.4 is 10.9 Å². The smallest absolute Gasteiger partial charge is 0.287 e. The Balaban J connectivity index is 2.01. The van der Waals surface area contributed by atoms with Crippen LogP contribution >= 0.6 is 11.6 Å². The molecule has 0 aliphatic rings. The molecular formula is C10H13ClN6O. The summed E-state index contributed by atoms with van der Waals surface area (Å²) in [6.45, 7) is 0.598. The zero-order valence-electron chi connectivity index (χ0n) is 10.1. The predicted molar refractivity (Wildman–Crippen MR) is 67.7 cm³/mol. The van der Waals surface area contributed by atoms with Crippen LogP contribution in [0.25, 0.3) is 0 Å². The van der Waals surface area contributed by atoms with Crippen LogP contribution in [0.3, 0.4) is 0 Å². The number of halogens is 1. The molecule has 7 nitrogen and oxygen atoms in total. The SMILES string of the molecule is Cn1cnnc1CCNc1cnn(C)c(=O)c1Cl. The van der Waals surface area contributed by atoms with Crippen LogP contribution in [0.1, 0.15) is 5.82 Å². The highest BCUT2D eigenvalue weighted by Gasteiger charge is 2.07. The quantitative estimate of drug-likeness (QED) is 0.858. The van der Waals surface area contributed by atoms with E-state index in [0.717, 1.165) is 5.82 Å². The second-order valence-electron chi connectivity index (χ2n) is 3.84. The molecular weight excluding hydrogens is 256 g/mol. The maximum Gasteiger partial charge on any atom is 0.287 e. The van der Waals surface area contributed by atoms with Gasteiger partial charge < -0.3 is 9.88 Å². The van der Waals surface area contributed by atoms with Crippen molar-refractivity contribution in [3.63, 3.8) is 0 Å². The van der Waals surface area contributed by atoms with Gasteiger partial charge in [-0.1, -0.05) is 11.6 Å². The Labute approximate surface area is 108 Å². The third-order valence-electron chi connectivity index (χ3n) is 2.55. The Morgan fingerprint density at radius 3 is 2.89 bits per heavy atom. The fourth-order valence-electron chi connectivity index (χ4n) is 1.48. The number of aryl methyl sites for hydroxylation is 2. The molecule has 0 saturated carbocycles. The zero-order valence-corrected chi connectivity index (χ0v) is 10.8. The summed E-state index contributed by atoms with van der Waals surface area (Å²) in [5.74, 6) is 0.857. The van der Waals surface area contributed by atoms with Gasteiger partial charge in [0.2, 0.25) is 0 Å². The van der Waals surface area contributed by atoms with E-state index in [2.05, 4.69) is 20.6 Å². The van der Waals surface area contributed by atoms with Gasteiger partial charge in [-0.25, -0.2) is 4.68 Å². The van der Waals surface area contributed by atoms with Crippen LogP contribution in [-0.2, 0) is 20.5 Å². The van der Waals surface area contributed by atoms with Gasteiger partial charge in [-0.2, -0.15) is 5.10 Å². The number of aromatic nitrogens is 5. The van der Waals surface area contributed by atoms with Crippen molar-refractivity contribution in [2.45, 2.75) is 6.42 Å². The van der Waals surface area contributed by atoms with Crippen molar-refractivity contribution in [3.05, 3.63) is 33.7 Å². The lowest BCUT2D eigenvalue weighted by atomic mass is 10.3. The highest BCUT2D eigenvalue weighted by Crippen LogP contribution is 2.14. The minimum absolute atomic E-state index is 0.144. The first-order valence-corrected chi connectivity index (χ1v) is 5.76. The van der Waals surface area contributed by atoms with E-state index < -0.39 is 0 Å². The molecule has 2 rings (SSSR count). The van der Waals surface area contributed by atoms with Crippen molar-refractivity contribution in [1.29, 1.82) is 0 Å². The first-order valence-electron chi connectivity index (χ1n) is 5.38. The van der Waals surface area contributed by atoms with Crippen molar-refractivity contribution >= 4 is 17.3 Å². The van der Waals surface area contributed by atoms with Gasteiger partial charge in [0, 0.05) is 27.1 Å². The van der Waals surface area contributed by atoms with Crippen molar-refractivity contribution in [2.75, 3.05) is 11.9 Å². The summed E-state index contributed by atoms with van der Waals surface area (Å²) in [5.41, 5.74) is 0.210. The van der Waals surface area contributed by atoms with Crippen LogP contribution in [0.5, 0.6) is 0 Å². The first-order chi connectivity index (χ1) is 8.59. The number of nitrogens with zero attached hydrogens (tertiary/aromatic N) is 5. The van der Waals surface area contributed by atoms with E-state index >= 15 is 0 Å². The summed E-state index contributed by atoms with van der Waals surface area (Å²) >= 11 is 5.92. The first kappa shape index (κ1) is 12.6. The summed E-state index contributed by atoms with van der Waals surface area (Å²) in [4.78, 5) is 11.5. The Kier molecular flexibility index (Phi) is 3.61. The third kappa shape index (κ3) is 2.51. The molecule has 0 unspecified atom stereocenters. The van der Waals surface area contributed by atoms with Gasteiger partial charge >= 0.3 is 0 Å². The largest absolute Gasteiger partial charge is 0.382 e. The molecule has 1 N–H and O–H groups in total. The van der Waals surface area contributed by atoms with E-state index in [1.165, 1.54) is 10.9 Å². The molecule has 0 aliphatic carbocycles. The molecule has 0 aromatic carbocycles. The lowest BCUT2D eigenvalue weighted by Crippen LogP contribution is -2.21. The maximum atomic E-state index is 11.5. The Hall–Kier alpha value is -1.89. The van der Waals surface area contributed by atoms with Gasteiger partial charge in [-0.15, -0.1) is 10.2 Å². The monoisotopic (exact) mass is 268 g/mol. The van der Waals surface area contributed by atoms with Crippen molar-refractivity contribution in [3.8, 4) is 0 Å². The molecule has 0 amide bonds. The van der Waals surface area contributed by atoms with Crippen LogP contribution in [-0.4, -0.2) is 31.1 Å². The van der Waals surface area contributed by atoms with E-state index in [-0.39, 0.29) is 10.6 Å². The number of nitrogens with one attached hydrogen (secondary N) is 1. The zero-order chi connectivity index (χ0) is 13.1. The molecule has 0 aliphatic heterocycles. The standard InChI is InChI=1S/C10H13ClN6O/c1-16-6-13-15-8(16)3-4-12-7-5-14-17(2)10(18)9(7)11/h5-6,12H,3-4H2,1-2H3. The molecule has 96 valence electrons. The molecule has 2 heterocycles. The van der Waals surface area contributed by atoms with E-state index in [1.807, 2.05) is 11.6 Å². The average molecular weight is 269 g/mol. The van der Waals surface area contributed by atoms with E-state index in [1.54, 1.807) is 13.4 Å². The second kappa shape index (κ2) is 5.18. The van der Waals surface area contributed by atoms with Crippen molar-refractivity contribution in [2.24, 2.45) is 14.1 Å². The molecule has 0 atom stereocenters. The lowest BCUT2D eigenvalue weighted by Gasteiger charge is -2.07. The van der Waals surface area contributed by atoms with Crippen LogP contribution in [0, 0.1) is 0 Å². The number of hydrogen-bond donors (Lipinski definition) is 1. The number of anilines is 1. The summed E-state index contributed by atoms with van der Waals surface area (Å²) in [6, 6.07) is 0. The Morgan fingerprint density at radius 1 is 1.44 bits per heavy atom. The molecule has 8 heteroatoms. The normalized spacial score (nSPS) is 10.6. The molecule has 2 aromatic rings. The highest BCUT2D eigenvalue weighted by molar-refractivity contribution is 6.32. The molecule has 0 bridgehead atoms. The molecule has 18 heavy (non-hydrogen) atoms. The third-order valence-corrected chi connectivity index (χ3v) is 2.91. The summed E-state index contributed by atoms with van der Waals surface area (Å²) < 4.78 is 3.03. The van der Waals surface area contributed by atoms with Crippen LogP contribution in [0.2, 0.25) is 5.02 Å². The van der Waals surface area contributed by atoms with Crippen LogP contribution in [0.4, 0.5) is 5.69 Å². The minimum atomic E-state index is -0.319. The summed E-state index contributed by atoms with van der Waals surface area (Å²) in [5, 5.41) is 14.8. The van der Waals surface area contributed by atoms with Crippen LogP contribution in [0.15, 0.2) is 17.3 Å². The molecule has 0 fully saturated rings. The number of hydrogen-bond acceptors (Lipinski definition) is 5.